The van der Waals surface area contributed by atoms with Crippen molar-refractivity contribution < 1.29 is 19.0 Å². The van der Waals surface area contributed by atoms with Crippen LogP contribution in [0.2, 0.25) is 0 Å². The van der Waals surface area contributed by atoms with E-state index in [-0.39, 0.29) is 5.56 Å². The van der Waals surface area contributed by atoms with Crippen LogP contribution in [0.5, 0.6) is 11.6 Å². The predicted molar refractivity (Wildman–Crippen MR) is 126 cm³/mol. The first kappa shape index (κ1) is 23.1. The number of rotatable bonds is 8. The van der Waals surface area contributed by atoms with Gasteiger partial charge in [-0.25, -0.2) is 14.1 Å². The minimum Gasteiger partial charge on any atom is -0.497 e. The predicted octanol–water partition coefficient (Wildman–Crippen LogP) is 4.60. The van der Waals surface area contributed by atoms with Crippen LogP contribution in [-0.4, -0.2) is 32.0 Å². The Bertz CT molecular complexity index is 1320. The second kappa shape index (κ2) is 9.44. The number of halogens is 1. The quantitative estimate of drug-likeness (QED) is 0.414. The molecule has 1 atom stereocenters. The highest BCUT2D eigenvalue weighted by atomic mass is 19.1. The number of nitrogens with zero attached hydrogens (tertiary/aromatic N) is 4. The van der Waals surface area contributed by atoms with Crippen LogP contribution in [-0.2, 0) is 12.2 Å². The molecule has 0 aliphatic rings. The number of ether oxygens (including phenoxy) is 2. The van der Waals surface area contributed by atoms with Gasteiger partial charge >= 0.3 is 0 Å². The third-order valence-electron chi connectivity index (χ3n) is 5.48. The van der Waals surface area contributed by atoms with Gasteiger partial charge in [0.2, 0.25) is 5.88 Å². The van der Waals surface area contributed by atoms with E-state index in [0.29, 0.717) is 35.3 Å². The zero-order chi connectivity index (χ0) is 24.3. The Kier molecular flexibility index (Phi) is 6.43. The largest absolute Gasteiger partial charge is 0.497 e. The molecule has 0 spiro atoms. The van der Waals surface area contributed by atoms with Gasteiger partial charge < -0.3 is 14.6 Å². The molecule has 4 rings (SSSR count). The lowest BCUT2D eigenvalue weighted by atomic mass is 9.89. The van der Waals surface area contributed by atoms with E-state index >= 15 is 0 Å². The molecule has 0 aliphatic heterocycles. The average molecular weight is 461 g/mol. The zero-order valence-corrected chi connectivity index (χ0v) is 19.2. The second-order valence-corrected chi connectivity index (χ2v) is 7.94. The van der Waals surface area contributed by atoms with Gasteiger partial charge in [-0.2, -0.15) is 10.1 Å². The van der Waals surface area contributed by atoms with Crippen molar-refractivity contribution in [2.24, 2.45) is 0 Å². The molecule has 0 fully saturated rings. The van der Waals surface area contributed by atoms with Crippen LogP contribution < -0.4 is 9.47 Å². The van der Waals surface area contributed by atoms with Crippen LogP contribution in [0.4, 0.5) is 4.39 Å². The van der Waals surface area contributed by atoms with Gasteiger partial charge in [-0.15, -0.1) is 0 Å². The molecule has 2 aromatic heterocycles. The van der Waals surface area contributed by atoms with E-state index in [0.717, 1.165) is 11.3 Å². The van der Waals surface area contributed by atoms with Crippen LogP contribution in [0, 0.1) is 12.7 Å². The van der Waals surface area contributed by atoms with E-state index < -0.39 is 11.4 Å². The van der Waals surface area contributed by atoms with E-state index in [9.17, 15) is 9.50 Å². The first-order valence-corrected chi connectivity index (χ1v) is 10.6. The SMILES string of the molecule is C=Cc1ccc(C(C)(O)c2cnn(-c3cc(OCc4ccc(OC)cc4)nc(C)n3)c2)c(F)c1. The summed E-state index contributed by atoms with van der Waals surface area (Å²) in [6.07, 6.45) is 4.64. The fourth-order valence-corrected chi connectivity index (χ4v) is 3.50. The van der Waals surface area contributed by atoms with E-state index in [4.69, 9.17) is 9.47 Å². The van der Waals surface area contributed by atoms with Gasteiger partial charge in [0.1, 0.15) is 29.6 Å². The summed E-state index contributed by atoms with van der Waals surface area (Å²) in [6.45, 7) is 7.23. The fraction of sp³-hybridized carbons (Fsp3) is 0.192. The summed E-state index contributed by atoms with van der Waals surface area (Å²) in [6, 6.07) is 13.8. The molecule has 0 saturated carbocycles. The molecule has 7 nitrogen and oxygen atoms in total. The first-order chi connectivity index (χ1) is 16.3. The molecule has 174 valence electrons. The number of aliphatic hydroxyl groups is 1. The molecule has 0 amide bonds. The number of aromatic nitrogens is 4. The smallest absolute Gasteiger partial charge is 0.219 e. The maximum atomic E-state index is 14.6. The second-order valence-electron chi connectivity index (χ2n) is 7.94. The van der Waals surface area contributed by atoms with Gasteiger partial charge in [0.25, 0.3) is 0 Å². The molecule has 0 bridgehead atoms. The highest BCUT2D eigenvalue weighted by molar-refractivity contribution is 5.49. The van der Waals surface area contributed by atoms with Crippen molar-refractivity contribution in [2.45, 2.75) is 26.1 Å². The Morgan fingerprint density at radius 3 is 2.59 bits per heavy atom. The normalized spacial score (nSPS) is 12.7. The third-order valence-corrected chi connectivity index (χ3v) is 5.48. The summed E-state index contributed by atoms with van der Waals surface area (Å²) < 4.78 is 27.2. The topological polar surface area (TPSA) is 82.3 Å². The molecule has 4 aromatic rings. The molecule has 1 unspecified atom stereocenters. The minimum atomic E-state index is -1.60. The third kappa shape index (κ3) is 4.82. The zero-order valence-electron chi connectivity index (χ0n) is 19.2. The first-order valence-electron chi connectivity index (χ1n) is 10.6. The maximum Gasteiger partial charge on any atom is 0.219 e. The van der Waals surface area contributed by atoms with Crippen molar-refractivity contribution in [3.05, 3.63) is 101 Å². The van der Waals surface area contributed by atoms with E-state index in [2.05, 4.69) is 21.6 Å². The molecular formula is C26H25FN4O3. The molecule has 1 N–H and O–H groups in total. The summed E-state index contributed by atoms with van der Waals surface area (Å²) in [5.41, 5.74) is 0.541. The molecule has 34 heavy (non-hydrogen) atoms. The van der Waals surface area contributed by atoms with E-state index in [1.165, 1.54) is 23.9 Å². The summed E-state index contributed by atoms with van der Waals surface area (Å²) in [4.78, 5) is 8.75. The average Bonchev–Trinajstić information content (AvgIpc) is 3.34. The Morgan fingerprint density at radius 1 is 1.15 bits per heavy atom. The lowest BCUT2D eigenvalue weighted by Gasteiger charge is -2.23. The summed E-state index contributed by atoms with van der Waals surface area (Å²) in [5.74, 6) is 1.58. The Hall–Kier alpha value is -4.04. The van der Waals surface area contributed by atoms with Crippen molar-refractivity contribution >= 4 is 6.08 Å². The number of aryl methyl sites for hydroxylation is 1. The van der Waals surface area contributed by atoms with Crippen LogP contribution >= 0.6 is 0 Å². The van der Waals surface area contributed by atoms with Gasteiger partial charge in [0.05, 0.1) is 13.3 Å². The molecule has 2 heterocycles. The number of hydrogen-bond acceptors (Lipinski definition) is 6. The maximum absolute atomic E-state index is 14.6. The van der Waals surface area contributed by atoms with Crippen molar-refractivity contribution in [2.75, 3.05) is 7.11 Å². The molecule has 0 radical (unpaired) electrons. The lowest BCUT2D eigenvalue weighted by Crippen LogP contribution is -2.23. The Balaban J connectivity index is 1.56. The van der Waals surface area contributed by atoms with Gasteiger partial charge in [-0.05, 0) is 43.2 Å². The number of methoxy groups -OCH3 is 1. The molecule has 0 saturated heterocycles. The molecule has 0 aliphatic carbocycles. The van der Waals surface area contributed by atoms with Crippen molar-refractivity contribution in [3.63, 3.8) is 0 Å². The summed E-state index contributed by atoms with van der Waals surface area (Å²) >= 11 is 0. The van der Waals surface area contributed by atoms with Crippen molar-refractivity contribution in [1.29, 1.82) is 0 Å². The standard InChI is InChI=1S/C26H25FN4O3/c1-5-18-8-11-22(23(27)12-18)26(3,32)20-14-28-31(15-20)24-13-25(30-17(2)29-24)34-16-19-6-9-21(33-4)10-7-19/h5-15,32H,1,16H2,2-4H3. The Morgan fingerprint density at radius 2 is 1.91 bits per heavy atom. The molecular weight excluding hydrogens is 435 g/mol. The molecule has 8 heteroatoms. The van der Waals surface area contributed by atoms with E-state index in [1.54, 1.807) is 44.5 Å². The Labute approximate surface area is 197 Å². The van der Waals surface area contributed by atoms with E-state index in [1.807, 2.05) is 24.3 Å². The number of benzene rings is 2. The van der Waals surface area contributed by atoms with Crippen LogP contribution in [0.15, 0.2) is 67.5 Å². The highest BCUT2D eigenvalue weighted by Crippen LogP contribution is 2.32. The van der Waals surface area contributed by atoms with Crippen LogP contribution in [0.1, 0.15) is 35.0 Å². The van der Waals surface area contributed by atoms with Crippen LogP contribution in [0.3, 0.4) is 0 Å². The highest BCUT2D eigenvalue weighted by Gasteiger charge is 2.30. The fourth-order valence-electron chi connectivity index (χ4n) is 3.50. The number of hydrogen-bond donors (Lipinski definition) is 1. The minimum absolute atomic E-state index is 0.139. The van der Waals surface area contributed by atoms with Crippen LogP contribution in [0.25, 0.3) is 11.9 Å². The van der Waals surface area contributed by atoms with Crippen molar-refractivity contribution in [3.8, 4) is 17.4 Å². The van der Waals surface area contributed by atoms with Crippen molar-refractivity contribution in [1.82, 2.24) is 19.7 Å². The molecule has 2 aromatic carbocycles. The van der Waals surface area contributed by atoms with Gasteiger partial charge in [-0.3, -0.25) is 0 Å². The monoisotopic (exact) mass is 460 g/mol. The van der Waals surface area contributed by atoms with Gasteiger partial charge in [0.15, 0.2) is 5.82 Å². The summed E-state index contributed by atoms with van der Waals surface area (Å²) in [7, 11) is 1.62. The van der Waals surface area contributed by atoms with Gasteiger partial charge in [-0.1, -0.05) is 36.9 Å². The van der Waals surface area contributed by atoms with Gasteiger partial charge in [0, 0.05) is 23.4 Å². The summed E-state index contributed by atoms with van der Waals surface area (Å²) in [5, 5.41) is 15.5. The lowest BCUT2D eigenvalue weighted by molar-refractivity contribution is 0.0979.